The molecule has 0 aliphatic heterocycles. The van der Waals surface area contributed by atoms with Crippen LogP contribution in [0.25, 0.3) is 21.9 Å². The van der Waals surface area contributed by atoms with Gasteiger partial charge in [-0.2, -0.15) is 0 Å². The fourth-order valence-corrected chi connectivity index (χ4v) is 2.77. The first-order chi connectivity index (χ1) is 10.6. The average Bonchev–Trinajstić information content (AvgIpc) is 2.95. The van der Waals surface area contributed by atoms with E-state index in [1.165, 1.54) is 33.0 Å². The van der Waals surface area contributed by atoms with Crippen molar-refractivity contribution >= 4 is 27.8 Å². The molecule has 0 spiro atoms. The van der Waals surface area contributed by atoms with Crippen LogP contribution in [0.4, 0.5) is 0 Å². The molecule has 0 unspecified atom stereocenters. The zero-order chi connectivity index (χ0) is 16.1. The number of fused-ring (bicyclic) bond motifs is 1. The topological polar surface area (TPSA) is 0 Å². The molecule has 114 valence electrons. The molecule has 0 radical (unpaired) electrons. The Morgan fingerprint density at radius 2 is 1.64 bits per heavy atom. The van der Waals surface area contributed by atoms with E-state index in [2.05, 4.69) is 75.4 Å². The van der Waals surface area contributed by atoms with E-state index in [1.807, 2.05) is 0 Å². The third kappa shape index (κ3) is 4.07. The molecule has 3 rings (SSSR count). The quantitative estimate of drug-likeness (QED) is 0.399. The van der Waals surface area contributed by atoms with Gasteiger partial charge in [0, 0.05) is 0 Å². The molecule has 0 N–H and O–H groups in total. The van der Waals surface area contributed by atoms with E-state index in [0.29, 0.717) is 5.92 Å². The molecule has 22 heavy (non-hydrogen) atoms. The summed E-state index contributed by atoms with van der Waals surface area (Å²) in [5.74, 6) is 0.564. The normalized spacial score (nSPS) is 10.5. The van der Waals surface area contributed by atoms with Crippen LogP contribution in [0.2, 0.25) is 0 Å². The third-order valence-corrected chi connectivity index (χ3v) is 3.87. The third-order valence-electron chi connectivity index (χ3n) is 3.87. The molecule has 0 saturated heterocycles. The maximum absolute atomic E-state index is 4.93. The van der Waals surface area contributed by atoms with Crippen LogP contribution in [0.15, 0.2) is 54.6 Å². The summed E-state index contributed by atoms with van der Waals surface area (Å²) < 4.78 is 0. The zero-order valence-corrected chi connectivity index (χ0v) is 17.0. The van der Waals surface area contributed by atoms with Crippen molar-refractivity contribution in [3.8, 4) is 11.1 Å². The molecule has 0 atom stereocenters. The van der Waals surface area contributed by atoms with Gasteiger partial charge in [-0.25, -0.2) is 0 Å². The summed E-state index contributed by atoms with van der Waals surface area (Å²) in [6.07, 6.45) is 0. The first-order valence-electron chi connectivity index (χ1n) is 7.30. The molecule has 3 heteroatoms. The van der Waals surface area contributed by atoms with E-state index in [4.69, 9.17) is 17.0 Å². The molecule has 0 aromatic heterocycles. The van der Waals surface area contributed by atoms with Crippen LogP contribution in [-0.2, 0) is 20.8 Å². The van der Waals surface area contributed by atoms with Crippen molar-refractivity contribution in [3.05, 3.63) is 65.7 Å². The molecule has 0 saturated carbocycles. The van der Waals surface area contributed by atoms with Crippen molar-refractivity contribution in [2.45, 2.75) is 26.7 Å². The predicted octanol–water partition coefficient (Wildman–Crippen LogP) is 7.03. The molecule has 0 amide bonds. The minimum absolute atomic E-state index is 0.564. The minimum atomic E-state index is -0.826. The Bertz CT molecular complexity index is 730. The first-order valence-corrected chi connectivity index (χ1v) is 13.6. The maximum atomic E-state index is 4.93. The molecule has 0 nitrogen and oxygen atoms in total. The molecule has 3 aromatic rings. The fraction of sp³-hybridized carbons (Fsp3) is 0.211. The summed E-state index contributed by atoms with van der Waals surface area (Å²) in [4.78, 5) is 0. The van der Waals surface area contributed by atoms with E-state index in [0.717, 1.165) is 0 Å². The summed E-state index contributed by atoms with van der Waals surface area (Å²) in [7, 11) is 9.87. The van der Waals surface area contributed by atoms with Crippen LogP contribution in [0.1, 0.15) is 30.9 Å². The standard InChI is InChI=1S/C19H19.2ClH.Zr/c1-13(2)17-10-9-14(3)18-11-16(12-19(17)18)15-7-5-4-6-8-15;;;/h4-13H,1-3H3;2*1H;/q-1;;;+2/p-2. The zero-order valence-electron chi connectivity index (χ0n) is 13.0. The summed E-state index contributed by atoms with van der Waals surface area (Å²) in [6, 6.07) is 19.8. The second-order valence-electron chi connectivity index (χ2n) is 5.64. The number of rotatable bonds is 2. The SMILES string of the molecule is Cc1ccc(C(C)C)c2cc(-c3ccccc3)[cH-]c12.[Cl][Zr][Cl]. The van der Waals surface area contributed by atoms with Crippen LogP contribution in [0, 0.1) is 6.92 Å². The van der Waals surface area contributed by atoms with Crippen LogP contribution < -0.4 is 0 Å². The van der Waals surface area contributed by atoms with Crippen molar-refractivity contribution in [1.82, 2.24) is 0 Å². The summed E-state index contributed by atoms with van der Waals surface area (Å²) in [6.45, 7) is 6.72. The fourth-order valence-electron chi connectivity index (χ4n) is 2.77. The van der Waals surface area contributed by atoms with Gasteiger partial charge in [0.15, 0.2) is 0 Å². The predicted molar refractivity (Wildman–Crippen MR) is 95.5 cm³/mol. The van der Waals surface area contributed by atoms with Crippen molar-refractivity contribution < 1.29 is 20.8 Å². The average molecular weight is 409 g/mol. The van der Waals surface area contributed by atoms with Gasteiger partial charge < -0.3 is 0 Å². The van der Waals surface area contributed by atoms with Crippen molar-refractivity contribution in [2.75, 3.05) is 0 Å². The van der Waals surface area contributed by atoms with Crippen LogP contribution >= 0.6 is 17.0 Å². The summed E-state index contributed by atoms with van der Waals surface area (Å²) in [5.41, 5.74) is 5.43. The number of hydrogen-bond acceptors (Lipinski definition) is 0. The van der Waals surface area contributed by atoms with Gasteiger partial charge in [0.05, 0.1) is 0 Å². The summed E-state index contributed by atoms with van der Waals surface area (Å²) >= 11 is -0.826. The van der Waals surface area contributed by atoms with E-state index in [1.54, 1.807) is 0 Å². The Labute approximate surface area is 151 Å². The Morgan fingerprint density at radius 3 is 2.23 bits per heavy atom. The van der Waals surface area contributed by atoms with Crippen molar-refractivity contribution in [1.29, 1.82) is 0 Å². The molecule has 0 bridgehead atoms. The monoisotopic (exact) mass is 407 g/mol. The second kappa shape index (κ2) is 8.39. The molecule has 0 aliphatic carbocycles. The van der Waals surface area contributed by atoms with Gasteiger partial charge in [-0.05, 0) is 5.92 Å². The van der Waals surface area contributed by atoms with Crippen molar-refractivity contribution in [3.63, 3.8) is 0 Å². The Hall–Kier alpha value is -0.487. The van der Waals surface area contributed by atoms with E-state index in [9.17, 15) is 0 Å². The van der Waals surface area contributed by atoms with Gasteiger partial charge >= 0.3 is 37.9 Å². The van der Waals surface area contributed by atoms with E-state index >= 15 is 0 Å². The number of halogens is 2. The summed E-state index contributed by atoms with van der Waals surface area (Å²) in [5, 5.41) is 2.80. The van der Waals surface area contributed by atoms with Crippen LogP contribution in [0.5, 0.6) is 0 Å². The van der Waals surface area contributed by atoms with Crippen LogP contribution in [0.3, 0.4) is 0 Å². The molecule has 0 aliphatic rings. The molecular formula is C19H19Cl2Zr-. The van der Waals surface area contributed by atoms with Gasteiger partial charge in [-0.1, -0.05) is 74.4 Å². The van der Waals surface area contributed by atoms with Gasteiger partial charge in [-0.15, -0.1) is 34.0 Å². The molecule has 0 fully saturated rings. The van der Waals surface area contributed by atoms with Gasteiger partial charge in [0.25, 0.3) is 0 Å². The molecule has 3 aromatic carbocycles. The van der Waals surface area contributed by atoms with Gasteiger partial charge in [0.1, 0.15) is 0 Å². The Morgan fingerprint density at radius 1 is 1.00 bits per heavy atom. The van der Waals surface area contributed by atoms with E-state index in [-0.39, 0.29) is 0 Å². The number of benzene rings is 2. The van der Waals surface area contributed by atoms with Crippen LogP contribution in [-0.4, -0.2) is 0 Å². The second-order valence-corrected chi connectivity index (χ2v) is 9.37. The van der Waals surface area contributed by atoms with E-state index < -0.39 is 20.8 Å². The molecular weight excluding hydrogens is 390 g/mol. The Kier molecular flexibility index (Phi) is 6.81. The first kappa shape index (κ1) is 17.9. The van der Waals surface area contributed by atoms with Gasteiger partial charge in [-0.3, -0.25) is 0 Å². The van der Waals surface area contributed by atoms with Crippen molar-refractivity contribution in [2.24, 2.45) is 0 Å². The Balaban J connectivity index is 0.000000545. The van der Waals surface area contributed by atoms with Gasteiger partial charge in [0.2, 0.25) is 0 Å². The molecule has 0 heterocycles. The number of hydrogen-bond donors (Lipinski definition) is 0. The number of aryl methyl sites for hydroxylation is 1.